The number of aliphatic imine (C=N–C) groups is 1. The van der Waals surface area contributed by atoms with Gasteiger partial charge in [0.05, 0.1) is 29.0 Å². The highest BCUT2D eigenvalue weighted by molar-refractivity contribution is 5.92. The van der Waals surface area contributed by atoms with Crippen molar-refractivity contribution in [2.24, 2.45) is 21.7 Å². The molecule has 1 aromatic carbocycles. The number of aliphatic carboxylic acids is 1. The zero-order valence-corrected chi connectivity index (χ0v) is 17.6. The van der Waals surface area contributed by atoms with Crippen LogP contribution in [0.1, 0.15) is 64.5 Å². The Kier molecular flexibility index (Phi) is 6.37. The molecule has 0 aliphatic carbocycles. The minimum Gasteiger partial charge on any atom is -0.481 e. The number of rotatable bonds is 4. The molecule has 1 aliphatic heterocycles. The molecule has 4 atom stereocenters. The van der Waals surface area contributed by atoms with E-state index >= 15 is 0 Å². The monoisotopic (exact) mass is 426 g/mol. The van der Waals surface area contributed by atoms with Crippen molar-refractivity contribution in [1.82, 2.24) is 0 Å². The van der Waals surface area contributed by atoms with E-state index in [1.165, 1.54) is 6.92 Å². The van der Waals surface area contributed by atoms with Crippen LogP contribution in [0.15, 0.2) is 23.2 Å². The van der Waals surface area contributed by atoms with E-state index in [0.717, 1.165) is 12.1 Å². The molecule has 0 amide bonds. The fourth-order valence-corrected chi connectivity index (χ4v) is 4.77. The maximum atomic E-state index is 13.9. The fraction of sp³-hybridized carbons (Fsp3) is 0.591. The minimum atomic E-state index is -4.91. The number of benzene rings is 1. The Morgan fingerprint density at radius 2 is 1.90 bits per heavy atom. The molecular weight excluding hydrogens is 400 g/mol. The lowest BCUT2D eigenvalue weighted by Gasteiger charge is -2.49. The molecule has 2 rings (SSSR count). The Hall–Kier alpha value is -2.43. The van der Waals surface area contributed by atoms with E-state index in [1.54, 1.807) is 27.7 Å². The molecule has 0 radical (unpaired) electrons. The van der Waals surface area contributed by atoms with E-state index in [9.17, 15) is 32.7 Å². The van der Waals surface area contributed by atoms with Gasteiger partial charge in [-0.2, -0.15) is 18.4 Å². The molecule has 4 nitrogen and oxygen atoms in total. The third kappa shape index (κ3) is 4.21. The molecule has 1 heterocycles. The van der Waals surface area contributed by atoms with Crippen molar-refractivity contribution in [2.45, 2.75) is 65.6 Å². The smallest absolute Gasteiger partial charge is 0.416 e. The molecule has 4 unspecified atom stereocenters. The fourth-order valence-electron chi connectivity index (χ4n) is 4.77. The molecule has 164 valence electrons. The van der Waals surface area contributed by atoms with Crippen molar-refractivity contribution < 1.29 is 27.5 Å². The van der Waals surface area contributed by atoms with Crippen LogP contribution in [0.2, 0.25) is 0 Å². The Morgan fingerprint density at radius 1 is 1.30 bits per heavy atom. The van der Waals surface area contributed by atoms with Crippen LogP contribution in [0.25, 0.3) is 0 Å². The minimum absolute atomic E-state index is 0.00212. The molecule has 0 saturated heterocycles. The third-order valence-electron chi connectivity index (χ3n) is 5.70. The molecular formula is C22H26F4N2O2. The molecule has 0 spiro atoms. The summed E-state index contributed by atoms with van der Waals surface area (Å²) in [5, 5.41) is 20.2. The summed E-state index contributed by atoms with van der Waals surface area (Å²) in [5.74, 6) is -4.90. The lowest BCUT2D eigenvalue weighted by atomic mass is 9.54. The summed E-state index contributed by atoms with van der Waals surface area (Å²) in [5.41, 5.74) is -3.68. The third-order valence-corrected chi connectivity index (χ3v) is 5.70. The average molecular weight is 426 g/mol. The summed E-state index contributed by atoms with van der Waals surface area (Å²) in [7, 11) is 0. The molecule has 30 heavy (non-hydrogen) atoms. The van der Waals surface area contributed by atoms with Gasteiger partial charge in [-0.05, 0) is 42.9 Å². The summed E-state index contributed by atoms with van der Waals surface area (Å²) >= 11 is 0. The van der Waals surface area contributed by atoms with Gasteiger partial charge >= 0.3 is 12.1 Å². The standard InChI is InChI=1S/C22H26F4N2O2/c1-6-17-21(19(29)30,11-20(3,4)5)18(15(10-27)12(2)28-17)14-8-7-13(23)9-16(14)22(24,25)26/h7-9,15,17-18H,6,11H2,1-5H3,(H,29,30). The van der Waals surface area contributed by atoms with E-state index in [4.69, 9.17) is 0 Å². The Bertz CT molecular complexity index is 896. The van der Waals surface area contributed by atoms with Crippen LogP contribution in [0, 0.1) is 33.9 Å². The van der Waals surface area contributed by atoms with Crippen LogP contribution in [0.5, 0.6) is 0 Å². The number of carbonyl (C=O) groups is 1. The molecule has 0 aromatic heterocycles. The molecule has 8 heteroatoms. The average Bonchev–Trinajstić information content (AvgIpc) is 2.60. The highest BCUT2D eigenvalue weighted by Gasteiger charge is 2.60. The van der Waals surface area contributed by atoms with Gasteiger partial charge in [0.2, 0.25) is 0 Å². The topological polar surface area (TPSA) is 73.5 Å². The predicted molar refractivity (Wildman–Crippen MR) is 105 cm³/mol. The first-order valence-electron chi connectivity index (χ1n) is 9.73. The van der Waals surface area contributed by atoms with Gasteiger partial charge in [-0.1, -0.05) is 33.8 Å². The number of alkyl halides is 3. The van der Waals surface area contributed by atoms with Crippen molar-refractivity contribution >= 4 is 11.7 Å². The number of hydrogen-bond donors (Lipinski definition) is 1. The second kappa shape index (κ2) is 8.01. The molecule has 0 fully saturated rings. The van der Waals surface area contributed by atoms with E-state index in [-0.39, 0.29) is 24.1 Å². The van der Waals surface area contributed by atoms with Crippen LogP contribution in [0.3, 0.4) is 0 Å². The first-order valence-corrected chi connectivity index (χ1v) is 9.73. The van der Waals surface area contributed by atoms with Crippen LogP contribution >= 0.6 is 0 Å². The summed E-state index contributed by atoms with van der Waals surface area (Å²) < 4.78 is 55.3. The zero-order chi connectivity index (χ0) is 23.1. The normalized spacial score (nSPS) is 27.3. The van der Waals surface area contributed by atoms with Crippen molar-refractivity contribution in [1.29, 1.82) is 5.26 Å². The van der Waals surface area contributed by atoms with Gasteiger partial charge in [-0.25, -0.2) is 4.39 Å². The number of carboxylic acids is 1. The molecule has 0 bridgehead atoms. The molecule has 1 aliphatic rings. The number of hydrogen-bond acceptors (Lipinski definition) is 3. The summed E-state index contributed by atoms with van der Waals surface area (Å²) in [6.07, 6.45) is -4.63. The van der Waals surface area contributed by atoms with Gasteiger partial charge in [0.25, 0.3) is 0 Å². The lowest BCUT2D eigenvalue weighted by Crippen LogP contribution is -2.54. The number of carboxylic acid groups (broad SMARTS) is 1. The van der Waals surface area contributed by atoms with Gasteiger partial charge in [0, 0.05) is 11.6 Å². The Balaban J connectivity index is 2.98. The Labute approximate surface area is 173 Å². The van der Waals surface area contributed by atoms with E-state index in [1.807, 2.05) is 6.07 Å². The van der Waals surface area contributed by atoms with Crippen molar-refractivity contribution in [3.8, 4) is 6.07 Å². The Morgan fingerprint density at radius 3 is 2.33 bits per heavy atom. The van der Waals surface area contributed by atoms with Gasteiger partial charge in [-0.3, -0.25) is 9.79 Å². The summed E-state index contributed by atoms with van der Waals surface area (Å²) in [4.78, 5) is 17.2. The number of nitrogens with zero attached hydrogens (tertiary/aromatic N) is 2. The quantitative estimate of drug-likeness (QED) is 0.616. The number of nitriles is 1. The second-order valence-electron chi connectivity index (χ2n) is 9.09. The SMILES string of the molecule is CCC1N=C(C)C(C#N)C(c2ccc(F)cc2C(F)(F)F)C1(CC(C)(C)C)C(=O)O. The van der Waals surface area contributed by atoms with Crippen molar-refractivity contribution in [3.05, 3.63) is 35.1 Å². The highest BCUT2D eigenvalue weighted by atomic mass is 19.4. The summed E-state index contributed by atoms with van der Waals surface area (Å²) in [6, 6.07) is 3.38. The lowest BCUT2D eigenvalue weighted by molar-refractivity contribution is -0.157. The molecule has 1 N–H and O–H groups in total. The largest absolute Gasteiger partial charge is 0.481 e. The van der Waals surface area contributed by atoms with Crippen LogP contribution in [-0.2, 0) is 11.0 Å². The summed E-state index contributed by atoms with van der Waals surface area (Å²) in [6.45, 7) is 8.64. The molecule has 1 aromatic rings. The zero-order valence-electron chi connectivity index (χ0n) is 17.6. The maximum Gasteiger partial charge on any atom is 0.416 e. The number of halogens is 4. The van der Waals surface area contributed by atoms with Gasteiger partial charge in [0.15, 0.2) is 0 Å². The van der Waals surface area contributed by atoms with E-state index in [0.29, 0.717) is 6.07 Å². The van der Waals surface area contributed by atoms with Crippen LogP contribution in [0.4, 0.5) is 17.6 Å². The van der Waals surface area contributed by atoms with Crippen LogP contribution < -0.4 is 0 Å². The van der Waals surface area contributed by atoms with Gasteiger partial charge < -0.3 is 5.11 Å². The first kappa shape index (κ1) is 23.8. The first-order chi connectivity index (χ1) is 13.7. The van der Waals surface area contributed by atoms with Crippen molar-refractivity contribution in [2.75, 3.05) is 0 Å². The van der Waals surface area contributed by atoms with Gasteiger partial charge in [0.1, 0.15) is 5.82 Å². The predicted octanol–water partition coefficient (Wildman–Crippen LogP) is 5.83. The van der Waals surface area contributed by atoms with Gasteiger partial charge in [-0.15, -0.1) is 0 Å². The maximum absolute atomic E-state index is 13.9. The highest BCUT2D eigenvalue weighted by Crippen LogP contribution is 2.56. The second-order valence-corrected chi connectivity index (χ2v) is 9.09. The van der Waals surface area contributed by atoms with Crippen LogP contribution in [-0.4, -0.2) is 22.8 Å². The van der Waals surface area contributed by atoms with Crippen molar-refractivity contribution in [3.63, 3.8) is 0 Å². The van der Waals surface area contributed by atoms with E-state index < -0.39 is 52.2 Å². The van der Waals surface area contributed by atoms with E-state index in [2.05, 4.69) is 4.99 Å². The molecule has 0 saturated carbocycles.